The molecule has 0 fully saturated rings. The Hall–Kier alpha value is -3.48. The molecule has 1 heterocycles. The van der Waals surface area contributed by atoms with E-state index in [0.29, 0.717) is 19.7 Å². The van der Waals surface area contributed by atoms with Crippen molar-refractivity contribution < 1.29 is 14.6 Å². The fraction of sp³-hybridized carbons (Fsp3) is 0.233. The average molecular weight is 501 g/mol. The van der Waals surface area contributed by atoms with Gasteiger partial charge in [0, 0.05) is 29.4 Å². The van der Waals surface area contributed by atoms with Gasteiger partial charge in [0.25, 0.3) is 0 Å². The van der Waals surface area contributed by atoms with Gasteiger partial charge in [-0.15, -0.1) is 11.8 Å². The minimum atomic E-state index is -0.834. The maximum absolute atomic E-state index is 11.4. The molecule has 1 N–H and O–H groups in total. The Labute approximate surface area is 217 Å². The third kappa shape index (κ3) is 7.03. The number of hydrogen-bond acceptors (Lipinski definition) is 4. The summed E-state index contributed by atoms with van der Waals surface area (Å²) in [4.78, 5) is 14.6. The van der Waals surface area contributed by atoms with E-state index in [9.17, 15) is 9.90 Å². The van der Waals surface area contributed by atoms with Crippen molar-refractivity contribution in [1.82, 2.24) is 9.47 Å². The van der Waals surface area contributed by atoms with Crippen molar-refractivity contribution >= 4 is 17.7 Å². The molecule has 4 rings (SSSR count). The van der Waals surface area contributed by atoms with Crippen molar-refractivity contribution in [3.63, 3.8) is 0 Å². The Balaban J connectivity index is 1.39. The van der Waals surface area contributed by atoms with E-state index in [-0.39, 0.29) is 6.54 Å². The molecule has 4 aromatic rings. The summed E-state index contributed by atoms with van der Waals surface area (Å²) in [5, 5.41) is 9.38. The summed E-state index contributed by atoms with van der Waals surface area (Å²) in [5.74, 6) is -0.0440. The lowest BCUT2D eigenvalue weighted by Crippen LogP contribution is -2.28. The number of rotatable bonds is 12. The highest BCUT2D eigenvalue weighted by Crippen LogP contribution is 2.25. The first-order chi connectivity index (χ1) is 17.5. The zero-order valence-corrected chi connectivity index (χ0v) is 21.6. The van der Waals surface area contributed by atoms with Crippen molar-refractivity contribution in [3.8, 4) is 17.0 Å². The Morgan fingerprint density at radius 2 is 1.64 bits per heavy atom. The van der Waals surface area contributed by atoms with Crippen LogP contribution in [-0.2, 0) is 24.4 Å². The lowest BCUT2D eigenvalue weighted by molar-refractivity contribution is -0.138. The summed E-state index contributed by atoms with van der Waals surface area (Å²) in [6.07, 6.45) is 2.08. The quantitative estimate of drug-likeness (QED) is 0.230. The highest BCUT2D eigenvalue weighted by molar-refractivity contribution is 7.98. The van der Waals surface area contributed by atoms with Gasteiger partial charge < -0.3 is 14.4 Å². The molecule has 0 amide bonds. The number of carboxylic acid groups (broad SMARTS) is 1. The molecule has 5 nitrogen and oxygen atoms in total. The lowest BCUT2D eigenvalue weighted by Gasteiger charge is -2.21. The standard InChI is InChI=1S/C30H32N2O3S/c1-23-11-16-29(26-12-14-28(36-2)15-13-26)32(23)17-18-35-27-10-6-9-25(19-27)21-31(22-30(33)34)20-24-7-4-3-5-8-24/h3-16,19H,17-18,20-22H2,1-2H3,(H,33,34). The van der Waals surface area contributed by atoms with Crippen LogP contribution >= 0.6 is 11.8 Å². The van der Waals surface area contributed by atoms with Crippen LogP contribution in [-0.4, -0.2) is 40.0 Å². The second-order valence-electron chi connectivity index (χ2n) is 8.76. The molecular formula is C30H32N2O3S. The number of aromatic nitrogens is 1. The fourth-order valence-corrected chi connectivity index (χ4v) is 4.74. The Morgan fingerprint density at radius 3 is 2.36 bits per heavy atom. The Bertz CT molecular complexity index is 1270. The second-order valence-corrected chi connectivity index (χ2v) is 9.64. The normalized spacial score (nSPS) is 11.1. The first-order valence-electron chi connectivity index (χ1n) is 12.0. The first kappa shape index (κ1) is 25.6. The zero-order valence-electron chi connectivity index (χ0n) is 20.8. The number of carboxylic acids is 1. The Morgan fingerprint density at radius 1 is 0.917 bits per heavy atom. The molecule has 0 radical (unpaired) electrons. The predicted molar refractivity (Wildman–Crippen MR) is 147 cm³/mol. The number of aliphatic carboxylic acids is 1. The number of nitrogens with zero attached hydrogens (tertiary/aromatic N) is 2. The van der Waals surface area contributed by atoms with E-state index in [1.165, 1.54) is 21.8 Å². The van der Waals surface area contributed by atoms with E-state index in [2.05, 4.69) is 54.1 Å². The number of aryl methyl sites for hydroxylation is 1. The molecule has 0 saturated carbocycles. The summed E-state index contributed by atoms with van der Waals surface area (Å²) in [6, 6.07) is 30.8. The summed E-state index contributed by atoms with van der Waals surface area (Å²) < 4.78 is 8.41. The average Bonchev–Trinajstić information content (AvgIpc) is 3.24. The minimum absolute atomic E-state index is 0.0203. The van der Waals surface area contributed by atoms with E-state index >= 15 is 0 Å². The topological polar surface area (TPSA) is 54.7 Å². The van der Waals surface area contributed by atoms with Gasteiger partial charge in [-0.1, -0.05) is 54.6 Å². The van der Waals surface area contributed by atoms with Gasteiger partial charge in [0.05, 0.1) is 13.1 Å². The summed E-state index contributed by atoms with van der Waals surface area (Å²) in [7, 11) is 0. The molecule has 0 spiro atoms. The van der Waals surface area contributed by atoms with Gasteiger partial charge in [0.1, 0.15) is 12.4 Å². The molecule has 0 aliphatic rings. The van der Waals surface area contributed by atoms with E-state index in [4.69, 9.17) is 4.74 Å². The molecule has 3 aromatic carbocycles. The van der Waals surface area contributed by atoms with E-state index in [1.54, 1.807) is 11.8 Å². The second kappa shape index (κ2) is 12.5. The van der Waals surface area contributed by atoms with Gasteiger partial charge in [0.15, 0.2) is 0 Å². The molecule has 0 saturated heterocycles. The first-order valence-corrected chi connectivity index (χ1v) is 13.2. The number of hydrogen-bond donors (Lipinski definition) is 1. The van der Waals surface area contributed by atoms with Gasteiger partial charge in [0.2, 0.25) is 0 Å². The van der Waals surface area contributed by atoms with Gasteiger partial charge in [-0.3, -0.25) is 9.69 Å². The molecule has 0 bridgehead atoms. The van der Waals surface area contributed by atoms with Crippen LogP contribution in [0.15, 0.2) is 95.9 Å². The maximum Gasteiger partial charge on any atom is 0.317 e. The van der Waals surface area contributed by atoms with Crippen molar-refractivity contribution in [1.29, 1.82) is 0 Å². The van der Waals surface area contributed by atoms with Crippen molar-refractivity contribution in [3.05, 3.63) is 108 Å². The van der Waals surface area contributed by atoms with Crippen LogP contribution in [0.2, 0.25) is 0 Å². The molecule has 186 valence electrons. The number of ether oxygens (including phenoxy) is 1. The smallest absolute Gasteiger partial charge is 0.317 e. The number of carbonyl (C=O) groups is 1. The maximum atomic E-state index is 11.4. The third-order valence-corrected chi connectivity index (χ3v) is 6.82. The van der Waals surface area contributed by atoms with Gasteiger partial charge in [-0.2, -0.15) is 0 Å². The van der Waals surface area contributed by atoms with Crippen LogP contribution in [0.4, 0.5) is 0 Å². The molecule has 0 unspecified atom stereocenters. The van der Waals surface area contributed by atoms with Gasteiger partial charge >= 0.3 is 5.97 Å². The molecule has 0 atom stereocenters. The summed E-state index contributed by atoms with van der Waals surface area (Å²) >= 11 is 1.74. The van der Waals surface area contributed by atoms with Crippen LogP contribution < -0.4 is 4.74 Å². The van der Waals surface area contributed by atoms with Crippen LogP contribution in [0.1, 0.15) is 16.8 Å². The van der Waals surface area contributed by atoms with Gasteiger partial charge in [-0.25, -0.2) is 0 Å². The van der Waals surface area contributed by atoms with Crippen LogP contribution in [0.3, 0.4) is 0 Å². The van der Waals surface area contributed by atoms with Crippen LogP contribution in [0.5, 0.6) is 5.75 Å². The van der Waals surface area contributed by atoms with Crippen LogP contribution in [0, 0.1) is 6.92 Å². The van der Waals surface area contributed by atoms with E-state index in [0.717, 1.165) is 23.4 Å². The highest BCUT2D eigenvalue weighted by Gasteiger charge is 2.12. The summed E-state index contributed by atoms with van der Waals surface area (Å²) in [5.41, 5.74) is 5.69. The predicted octanol–water partition coefficient (Wildman–Crippen LogP) is 6.35. The molecule has 1 aromatic heterocycles. The molecule has 0 aliphatic heterocycles. The lowest BCUT2D eigenvalue weighted by atomic mass is 10.1. The number of benzene rings is 3. The van der Waals surface area contributed by atoms with E-state index in [1.807, 2.05) is 59.5 Å². The minimum Gasteiger partial charge on any atom is -0.492 e. The molecular weight excluding hydrogens is 468 g/mol. The zero-order chi connectivity index (χ0) is 25.3. The van der Waals surface area contributed by atoms with Crippen LogP contribution in [0.25, 0.3) is 11.3 Å². The van der Waals surface area contributed by atoms with Crippen molar-refractivity contribution in [2.75, 3.05) is 19.4 Å². The largest absolute Gasteiger partial charge is 0.492 e. The number of thioether (sulfide) groups is 1. The Kier molecular flexibility index (Phi) is 8.87. The SMILES string of the molecule is CSc1ccc(-c2ccc(C)n2CCOc2cccc(CN(CC(=O)O)Cc3ccccc3)c2)cc1. The summed E-state index contributed by atoms with van der Waals surface area (Å²) in [6.45, 7) is 4.48. The monoisotopic (exact) mass is 500 g/mol. The molecule has 0 aliphatic carbocycles. The molecule has 6 heteroatoms. The van der Waals surface area contributed by atoms with Crippen molar-refractivity contribution in [2.24, 2.45) is 0 Å². The van der Waals surface area contributed by atoms with Crippen molar-refractivity contribution in [2.45, 2.75) is 31.5 Å². The molecule has 36 heavy (non-hydrogen) atoms. The third-order valence-electron chi connectivity index (χ3n) is 6.08. The fourth-order valence-electron chi connectivity index (χ4n) is 4.33. The highest BCUT2D eigenvalue weighted by atomic mass is 32.2. The van der Waals surface area contributed by atoms with Gasteiger partial charge in [-0.05, 0) is 66.3 Å². The van der Waals surface area contributed by atoms with E-state index < -0.39 is 5.97 Å².